The van der Waals surface area contributed by atoms with E-state index in [1.807, 2.05) is 19.1 Å². The van der Waals surface area contributed by atoms with Crippen molar-refractivity contribution in [3.05, 3.63) is 47.8 Å². The average Bonchev–Trinajstić information content (AvgIpc) is 3.44. The highest BCUT2D eigenvalue weighted by molar-refractivity contribution is 7.89. The minimum Gasteiger partial charge on any atom is -0.389 e. The summed E-state index contributed by atoms with van der Waals surface area (Å²) in [5.41, 5.74) is 8.77. The van der Waals surface area contributed by atoms with Crippen LogP contribution in [0.5, 0.6) is 0 Å². The number of benzene rings is 1. The largest absolute Gasteiger partial charge is 0.389 e. The molecule has 0 atom stereocenters. The van der Waals surface area contributed by atoms with Crippen molar-refractivity contribution in [2.75, 3.05) is 12.3 Å². The van der Waals surface area contributed by atoms with Crippen LogP contribution in [0.25, 0.3) is 22.5 Å². The smallest absolute Gasteiger partial charge is 0.240 e. The number of pyridine rings is 1. The van der Waals surface area contributed by atoms with Crippen LogP contribution in [0, 0.1) is 6.92 Å². The Labute approximate surface area is 193 Å². The number of nitrogens with two attached hydrogens (primary N) is 1. The van der Waals surface area contributed by atoms with Crippen molar-refractivity contribution in [2.45, 2.75) is 50.0 Å². The van der Waals surface area contributed by atoms with Gasteiger partial charge in [0.25, 0.3) is 0 Å². The monoisotopic (exact) mass is 478 g/mol. The second-order valence-corrected chi connectivity index (χ2v) is 10.4. The number of hydrogen-bond donors (Lipinski definition) is 3. The molecule has 0 bridgehead atoms. The quantitative estimate of drug-likeness (QED) is 0.472. The van der Waals surface area contributed by atoms with Crippen LogP contribution in [0.2, 0.25) is 0 Å². The van der Waals surface area contributed by atoms with Crippen LogP contribution in [0.4, 0.5) is 5.82 Å². The molecule has 2 aromatic heterocycles. The third-order valence-corrected chi connectivity index (χ3v) is 6.63. The first-order valence-electron chi connectivity index (χ1n) is 10.1. The van der Waals surface area contributed by atoms with E-state index in [0.717, 1.165) is 24.1 Å². The summed E-state index contributed by atoms with van der Waals surface area (Å²) in [6.07, 6.45) is 3.84. The number of aromatic nitrogens is 2. The molecule has 0 aliphatic heterocycles. The Bertz CT molecular complexity index is 1230. The van der Waals surface area contributed by atoms with Gasteiger partial charge in [-0.25, -0.2) is 18.1 Å². The zero-order chi connectivity index (χ0) is 22.4. The standard InChI is InChI=1S/C22H26N4O4S.ClH/c1-13-4-7-16(31(28,29)25-12-22(2,3)27)9-17(13)15-8-18(21(23)24-11-15)20-10-19(26-30-20)14-5-6-14;/h4,7-11,14,25,27H,5-6,12H2,1-3H3,(H2,23,24);1H. The molecule has 1 aliphatic rings. The minimum atomic E-state index is -3.79. The Balaban J connectivity index is 0.00000289. The van der Waals surface area contributed by atoms with E-state index in [0.29, 0.717) is 34.2 Å². The van der Waals surface area contributed by atoms with Crippen LogP contribution in [0.3, 0.4) is 0 Å². The molecule has 3 aromatic rings. The second kappa shape index (κ2) is 8.82. The summed E-state index contributed by atoms with van der Waals surface area (Å²) < 4.78 is 33.4. The van der Waals surface area contributed by atoms with Crippen molar-refractivity contribution in [3.63, 3.8) is 0 Å². The van der Waals surface area contributed by atoms with Gasteiger partial charge in [-0.1, -0.05) is 11.2 Å². The van der Waals surface area contributed by atoms with Gasteiger partial charge in [-0.2, -0.15) is 0 Å². The first-order chi connectivity index (χ1) is 14.5. The molecule has 0 saturated heterocycles. The van der Waals surface area contributed by atoms with Crippen LogP contribution in [-0.2, 0) is 10.0 Å². The zero-order valence-corrected chi connectivity index (χ0v) is 19.8. The van der Waals surface area contributed by atoms with Gasteiger partial charge in [0.15, 0.2) is 5.76 Å². The summed E-state index contributed by atoms with van der Waals surface area (Å²) in [6.45, 7) is 4.87. The summed E-state index contributed by atoms with van der Waals surface area (Å²) in [7, 11) is -3.79. The van der Waals surface area contributed by atoms with Crippen molar-refractivity contribution in [3.8, 4) is 22.5 Å². The van der Waals surface area contributed by atoms with Gasteiger partial charge in [-0.05, 0) is 62.9 Å². The highest BCUT2D eigenvalue weighted by Gasteiger charge is 2.28. The Kier molecular flexibility index (Phi) is 6.67. The minimum absolute atomic E-state index is 0. The molecule has 0 amide bonds. The molecule has 4 rings (SSSR count). The molecule has 1 saturated carbocycles. The zero-order valence-electron chi connectivity index (χ0n) is 18.1. The lowest BCUT2D eigenvalue weighted by Crippen LogP contribution is -2.38. The van der Waals surface area contributed by atoms with Gasteiger partial charge in [0.05, 0.1) is 21.8 Å². The number of nitrogens with one attached hydrogen (secondary N) is 1. The van der Waals surface area contributed by atoms with Crippen LogP contribution in [0.15, 0.2) is 45.9 Å². The predicted molar refractivity (Wildman–Crippen MR) is 125 cm³/mol. The molecule has 2 heterocycles. The lowest BCUT2D eigenvalue weighted by Gasteiger charge is -2.18. The summed E-state index contributed by atoms with van der Waals surface area (Å²) in [6, 6.07) is 8.60. The molecule has 4 N–H and O–H groups in total. The molecule has 1 aromatic carbocycles. The van der Waals surface area contributed by atoms with Crippen LogP contribution in [0.1, 0.15) is 43.9 Å². The molecular formula is C22H27ClN4O4S. The maximum absolute atomic E-state index is 12.7. The van der Waals surface area contributed by atoms with E-state index < -0.39 is 15.6 Å². The Morgan fingerprint density at radius 1 is 1.22 bits per heavy atom. The molecule has 10 heteroatoms. The van der Waals surface area contributed by atoms with Gasteiger partial charge in [0.1, 0.15) is 5.82 Å². The third-order valence-electron chi connectivity index (χ3n) is 5.23. The lowest BCUT2D eigenvalue weighted by atomic mass is 10.00. The summed E-state index contributed by atoms with van der Waals surface area (Å²) >= 11 is 0. The van der Waals surface area contributed by atoms with E-state index in [1.165, 1.54) is 19.9 Å². The third kappa shape index (κ3) is 5.29. The van der Waals surface area contributed by atoms with E-state index >= 15 is 0 Å². The fourth-order valence-electron chi connectivity index (χ4n) is 3.24. The number of aryl methyl sites for hydroxylation is 1. The maximum Gasteiger partial charge on any atom is 0.240 e. The number of halogens is 1. The second-order valence-electron chi connectivity index (χ2n) is 8.66. The predicted octanol–water partition coefficient (Wildman–Crippen LogP) is 3.64. The lowest BCUT2D eigenvalue weighted by molar-refractivity contribution is 0.0857. The van der Waals surface area contributed by atoms with E-state index in [1.54, 1.807) is 18.3 Å². The van der Waals surface area contributed by atoms with Crippen LogP contribution in [-0.4, -0.2) is 35.8 Å². The Hall–Kier alpha value is -2.46. The van der Waals surface area contributed by atoms with E-state index in [-0.39, 0.29) is 23.8 Å². The molecular weight excluding hydrogens is 452 g/mol. The van der Waals surface area contributed by atoms with E-state index in [9.17, 15) is 13.5 Å². The number of hydrogen-bond acceptors (Lipinski definition) is 7. The molecule has 0 unspecified atom stereocenters. The van der Waals surface area contributed by atoms with Crippen molar-refractivity contribution in [1.29, 1.82) is 0 Å². The molecule has 32 heavy (non-hydrogen) atoms. The van der Waals surface area contributed by atoms with E-state index in [4.69, 9.17) is 10.3 Å². The van der Waals surface area contributed by atoms with Crippen molar-refractivity contribution < 1.29 is 18.0 Å². The number of anilines is 1. The van der Waals surface area contributed by atoms with Crippen molar-refractivity contribution in [2.24, 2.45) is 0 Å². The normalized spacial score (nSPS) is 14.2. The highest BCUT2D eigenvalue weighted by atomic mass is 35.5. The Morgan fingerprint density at radius 3 is 2.59 bits per heavy atom. The van der Waals surface area contributed by atoms with Crippen LogP contribution < -0.4 is 10.5 Å². The summed E-state index contributed by atoms with van der Waals surface area (Å²) in [4.78, 5) is 4.40. The SMILES string of the molecule is Cc1ccc(S(=O)(=O)NCC(C)(C)O)cc1-c1cnc(N)c(-c2cc(C3CC3)no2)c1.Cl. The highest BCUT2D eigenvalue weighted by Crippen LogP contribution is 2.41. The fraction of sp³-hybridized carbons (Fsp3) is 0.364. The topological polar surface area (TPSA) is 131 Å². The van der Waals surface area contributed by atoms with Crippen LogP contribution >= 0.6 is 12.4 Å². The summed E-state index contributed by atoms with van der Waals surface area (Å²) in [5.74, 6) is 1.31. The van der Waals surface area contributed by atoms with Gasteiger partial charge in [-0.3, -0.25) is 0 Å². The molecule has 0 radical (unpaired) electrons. The fourth-order valence-corrected chi connectivity index (χ4v) is 4.47. The Morgan fingerprint density at radius 2 is 1.94 bits per heavy atom. The molecule has 172 valence electrons. The molecule has 8 nitrogen and oxygen atoms in total. The number of nitrogens with zero attached hydrogens (tertiary/aromatic N) is 2. The average molecular weight is 479 g/mol. The number of aliphatic hydroxyl groups is 1. The molecule has 0 spiro atoms. The summed E-state index contributed by atoms with van der Waals surface area (Å²) in [5, 5.41) is 14.0. The van der Waals surface area contributed by atoms with Gasteiger partial charge in [-0.15, -0.1) is 12.4 Å². The molecule has 1 aliphatic carbocycles. The number of nitrogen functional groups attached to an aromatic ring is 1. The van der Waals surface area contributed by atoms with E-state index in [2.05, 4.69) is 14.9 Å². The maximum atomic E-state index is 12.7. The van der Waals surface area contributed by atoms with Crippen molar-refractivity contribution >= 4 is 28.2 Å². The number of rotatable bonds is 7. The number of sulfonamides is 1. The first-order valence-corrected chi connectivity index (χ1v) is 11.6. The van der Waals surface area contributed by atoms with Gasteiger partial charge in [0, 0.05) is 30.3 Å². The van der Waals surface area contributed by atoms with Gasteiger partial charge < -0.3 is 15.4 Å². The first kappa shape index (κ1) is 24.2. The van der Waals surface area contributed by atoms with Gasteiger partial charge >= 0.3 is 0 Å². The van der Waals surface area contributed by atoms with Crippen molar-refractivity contribution in [1.82, 2.24) is 14.9 Å². The molecule has 1 fully saturated rings. The van der Waals surface area contributed by atoms with Gasteiger partial charge in [0.2, 0.25) is 10.0 Å².